The standard InChI is InChI=1S/C11H13N5O2S/c1-8-4-5-10(14-7-8)16-19(17,18)9-3-2-6-13-11(9)15-12/h2-7H,12H2,1H3,(H,13,15)(H,14,16). The summed E-state index contributed by atoms with van der Waals surface area (Å²) in [6, 6.07) is 6.26. The lowest BCUT2D eigenvalue weighted by atomic mass is 10.3. The Balaban J connectivity index is 2.35. The molecule has 0 amide bonds. The van der Waals surface area contributed by atoms with Crippen molar-refractivity contribution in [3.05, 3.63) is 42.2 Å². The molecule has 8 heteroatoms. The molecule has 0 saturated carbocycles. The number of aromatic nitrogens is 2. The van der Waals surface area contributed by atoms with Crippen LogP contribution in [0, 0.1) is 6.92 Å². The van der Waals surface area contributed by atoms with E-state index in [0.29, 0.717) is 0 Å². The minimum absolute atomic E-state index is 0.0418. The first-order valence-electron chi connectivity index (χ1n) is 5.40. The number of anilines is 2. The summed E-state index contributed by atoms with van der Waals surface area (Å²) in [6.45, 7) is 1.86. The Kier molecular flexibility index (Phi) is 3.63. The number of hydrogen-bond donors (Lipinski definition) is 3. The molecule has 2 heterocycles. The second-order valence-electron chi connectivity index (χ2n) is 3.82. The van der Waals surface area contributed by atoms with Gasteiger partial charge in [0.15, 0.2) is 5.82 Å². The van der Waals surface area contributed by atoms with E-state index in [4.69, 9.17) is 5.84 Å². The molecule has 0 unspecified atom stereocenters. The fraction of sp³-hybridized carbons (Fsp3) is 0.0909. The van der Waals surface area contributed by atoms with Gasteiger partial charge < -0.3 is 5.43 Å². The van der Waals surface area contributed by atoms with Gasteiger partial charge in [-0.05, 0) is 30.7 Å². The number of hydrazine groups is 1. The molecule has 4 N–H and O–H groups in total. The minimum Gasteiger partial charge on any atom is -0.307 e. The van der Waals surface area contributed by atoms with Crippen molar-refractivity contribution in [3.63, 3.8) is 0 Å². The first-order valence-corrected chi connectivity index (χ1v) is 6.88. The normalized spacial score (nSPS) is 11.1. The molecule has 2 aromatic heterocycles. The summed E-state index contributed by atoms with van der Waals surface area (Å²) in [5, 5.41) is 0. The van der Waals surface area contributed by atoms with Crippen molar-refractivity contribution in [1.82, 2.24) is 9.97 Å². The number of aryl methyl sites for hydroxylation is 1. The highest BCUT2D eigenvalue weighted by Crippen LogP contribution is 2.19. The number of sulfonamides is 1. The van der Waals surface area contributed by atoms with E-state index in [-0.39, 0.29) is 16.5 Å². The molecule has 0 saturated heterocycles. The third kappa shape index (κ3) is 2.98. The van der Waals surface area contributed by atoms with Gasteiger partial charge in [-0.2, -0.15) is 0 Å². The SMILES string of the molecule is Cc1ccc(NS(=O)(=O)c2cccnc2NN)nc1. The molecule has 0 aliphatic heterocycles. The van der Waals surface area contributed by atoms with Crippen molar-refractivity contribution in [1.29, 1.82) is 0 Å². The molecule has 0 spiro atoms. The number of nitrogen functional groups attached to an aromatic ring is 1. The smallest absolute Gasteiger partial charge is 0.266 e. The predicted octanol–water partition coefficient (Wildman–Crippen LogP) is 0.871. The Morgan fingerprint density at radius 3 is 2.63 bits per heavy atom. The number of nitrogens with one attached hydrogen (secondary N) is 2. The Hall–Kier alpha value is -2.19. The maximum atomic E-state index is 12.2. The second-order valence-corrected chi connectivity index (χ2v) is 5.47. The van der Waals surface area contributed by atoms with E-state index in [2.05, 4.69) is 20.1 Å². The maximum absolute atomic E-state index is 12.2. The highest BCUT2D eigenvalue weighted by Gasteiger charge is 2.19. The third-order valence-corrected chi connectivity index (χ3v) is 3.73. The van der Waals surface area contributed by atoms with E-state index >= 15 is 0 Å². The molecule has 0 aliphatic carbocycles. The molecular formula is C11H13N5O2S. The van der Waals surface area contributed by atoms with Crippen LogP contribution in [0.3, 0.4) is 0 Å². The van der Waals surface area contributed by atoms with Crippen molar-refractivity contribution in [3.8, 4) is 0 Å². The topological polar surface area (TPSA) is 110 Å². The molecule has 0 aliphatic rings. The number of nitrogens with two attached hydrogens (primary N) is 1. The Morgan fingerprint density at radius 1 is 1.21 bits per heavy atom. The molecular weight excluding hydrogens is 266 g/mol. The van der Waals surface area contributed by atoms with Gasteiger partial charge in [-0.1, -0.05) is 6.07 Å². The summed E-state index contributed by atoms with van der Waals surface area (Å²) in [6.07, 6.45) is 3.02. The largest absolute Gasteiger partial charge is 0.307 e. The van der Waals surface area contributed by atoms with E-state index in [9.17, 15) is 8.42 Å². The Morgan fingerprint density at radius 2 is 2.00 bits per heavy atom. The van der Waals surface area contributed by atoms with Gasteiger partial charge >= 0.3 is 0 Å². The van der Waals surface area contributed by atoms with E-state index < -0.39 is 10.0 Å². The fourth-order valence-corrected chi connectivity index (χ4v) is 2.57. The van der Waals surface area contributed by atoms with Gasteiger partial charge in [0.2, 0.25) is 0 Å². The summed E-state index contributed by atoms with van der Waals surface area (Å²) in [7, 11) is -3.79. The van der Waals surface area contributed by atoms with Crippen LogP contribution in [0.5, 0.6) is 0 Å². The molecule has 0 bridgehead atoms. The molecule has 100 valence electrons. The lowest BCUT2D eigenvalue weighted by Gasteiger charge is -2.10. The molecule has 0 radical (unpaired) electrons. The second kappa shape index (κ2) is 5.21. The molecule has 0 fully saturated rings. The first kappa shape index (κ1) is 13.2. The zero-order chi connectivity index (χ0) is 13.9. The van der Waals surface area contributed by atoms with Crippen molar-refractivity contribution in [2.45, 2.75) is 11.8 Å². The zero-order valence-electron chi connectivity index (χ0n) is 10.2. The first-order chi connectivity index (χ1) is 9.03. The van der Waals surface area contributed by atoms with Gasteiger partial charge in [0.1, 0.15) is 10.7 Å². The van der Waals surface area contributed by atoms with Crippen molar-refractivity contribution >= 4 is 21.7 Å². The number of pyridine rings is 2. The van der Waals surface area contributed by atoms with Gasteiger partial charge in [-0.15, -0.1) is 0 Å². The van der Waals surface area contributed by atoms with Crippen LogP contribution < -0.4 is 16.0 Å². The molecule has 19 heavy (non-hydrogen) atoms. The molecule has 2 aromatic rings. The lowest BCUT2D eigenvalue weighted by molar-refractivity contribution is 0.601. The highest BCUT2D eigenvalue weighted by atomic mass is 32.2. The number of rotatable bonds is 4. The van der Waals surface area contributed by atoms with Crippen LogP contribution in [0.15, 0.2) is 41.6 Å². The monoisotopic (exact) mass is 279 g/mol. The summed E-state index contributed by atoms with van der Waals surface area (Å²) in [4.78, 5) is 7.78. The minimum atomic E-state index is -3.79. The van der Waals surface area contributed by atoms with Crippen LogP contribution in [0.1, 0.15) is 5.56 Å². The average Bonchev–Trinajstić information content (AvgIpc) is 2.41. The van der Waals surface area contributed by atoms with Gasteiger partial charge in [0.25, 0.3) is 10.0 Å². The maximum Gasteiger partial charge on any atom is 0.266 e. The summed E-state index contributed by atoms with van der Waals surface area (Å²) in [5.74, 6) is 5.55. The molecule has 2 rings (SSSR count). The third-order valence-electron chi connectivity index (χ3n) is 2.35. The highest BCUT2D eigenvalue weighted by molar-refractivity contribution is 7.92. The molecule has 7 nitrogen and oxygen atoms in total. The van der Waals surface area contributed by atoms with Crippen LogP contribution in [0.25, 0.3) is 0 Å². The zero-order valence-corrected chi connectivity index (χ0v) is 11.0. The Labute approximate surface area is 110 Å². The van der Waals surface area contributed by atoms with E-state index in [1.165, 1.54) is 18.3 Å². The summed E-state index contributed by atoms with van der Waals surface area (Å²) >= 11 is 0. The fourth-order valence-electron chi connectivity index (χ4n) is 1.44. The molecule has 0 atom stereocenters. The average molecular weight is 279 g/mol. The Bertz CT molecular complexity index is 670. The van der Waals surface area contributed by atoms with Gasteiger partial charge in [0, 0.05) is 12.4 Å². The molecule has 0 aromatic carbocycles. The van der Waals surface area contributed by atoms with Crippen LogP contribution in [-0.4, -0.2) is 18.4 Å². The number of nitrogens with zero attached hydrogens (tertiary/aromatic N) is 2. The predicted molar refractivity (Wildman–Crippen MR) is 71.8 cm³/mol. The van der Waals surface area contributed by atoms with Crippen LogP contribution in [0.4, 0.5) is 11.6 Å². The van der Waals surface area contributed by atoms with E-state index in [1.807, 2.05) is 6.92 Å². The van der Waals surface area contributed by atoms with Crippen molar-refractivity contribution < 1.29 is 8.42 Å². The quantitative estimate of drug-likeness (QED) is 0.566. The van der Waals surface area contributed by atoms with Gasteiger partial charge in [0.05, 0.1) is 0 Å². The lowest BCUT2D eigenvalue weighted by Crippen LogP contribution is -2.18. The van der Waals surface area contributed by atoms with Crippen molar-refractivity contribution in [2.24, 2.45) is 5.84 Å². The van der Waals surface area contributed by atoms with Crippen LogP contribution in [-0.2, 0) is 10.0 Å². The van der Waals surface area contributed by atoms with E-state index in [0.717, 1.165) is 5.56 Å². The van der Waals surface area contributed by atoms with Gasteiger partial charge in [-0.25, -0.2) is 24.2 Å². The van der Waals surface area contributed by atoms with E-state index in [1.54, 1.807) is 18.3 Å². The van der Waals surface area contributed by atoms with Crippen LogP contribution in [0.2, 0.25) is 0 Å². The summed E-state index contributed by atoms with van der Waals surface area (Å²) < 4.78 is 26.7. The summed E-state index contributed by atoms with van der Waals surface area (Å²) in [5.41, 5.74) is 3.18. The van der Waals surface area contributed by atoms with Crippen LogP contribution >= 0.6 is 0 Å². The van der Waals surface area contributed by atoms with Crippen molar-refractivity contribution in [2.75, 3.05) is 10.1 Å². The van der Waals surface area contributed by atoms with Gasteiger partial charge in [-0.3, -0.25) is 4.72 Å². The number of hydrogen-bond acceptors (Lipinski definition) is 6.